The molecule has 0 unspecified atom stereocenters. The van der Waals surface area contributed by atoms with Gasteiger partial charge in [-0.25, -0.2) is 4.98 Å². The second-order valence-electron chi connectivity index (χ2n) is 3.88. The minimum absolute atomic E-state index is 0.277. The quantitative estimate of drug-likeness (QED) is 0.766. The smallest absolute Gasteiger partial charge is 0.310 e. The Hall–Kier alpha value is -2.11. The van der Waals surface area contributed by atoms with Crippen molar-refractivity contribution >= 4 is 23.1 Å². The van der Waals surface area contributed by atoms with Crippen molar-refractivity contribution in [3.63, 3.8) is 0 Å². The Bertz CT molecular complexity index is 511. The predicted octanol–water partition coefficient (Wildman–Crippen LogP) is 0.479. The van der Waals surface area contributed by atoms with Gasteiger partial charge < -0.3 is 15.0 Å². The van der Waals surface area contributed by atoms with Crippen molar-refractivity contribution in [3.8, 4) is 0 Å². The number of aromatic amines is 1. The van der Waals surface area contributed by atoms with E-state index in [0.29, 0.717) is 24.7 Å². The Labute approximate surface area is 90.9 Å². The van der Waals surface area contributed by atoms with Gasteiger partial charge in [0.25, 0.3) is 0 Å². The molecule has 3 rings (SSSR count). The van der Waals surface area contributed by atoms with Gasteiger partial charge in [-0.2, -0.15) is 4.98 Å². The molecule has 0 aromatic carbocycles. The number of rotatable bonds is 2. The Morgan fingerprint density at radius 1 is 1.56 bits per heavy atom. The van der Waals surface area contributed by atoms with Crippen molar-refractivity contribution in [3.05, 3.63) is 18.3 Å². The van der Waals surface area contributed by atoms with Crippen LogP contribution in [0.25, 0.3) is 11.2 Å². The highest BCUT2D eigenvalue weighted by Crippen LogP contribution is 2.23. The molecule has 6 nitrogen and oxygen atoms in total. The number of pyridine rings is 1. The lowest BCUT2D eigenvalue weighted by molar-refractivity contribution is -0.142. The maximum Gasteiger partial charge on any atom is 0.310 e. The first-order valence-corrected chi connectivity index (χ1v) is 5.02. The van der Waals surface area contributed by atoms with Gasteiger partial charge in [0.05, 0.1) is 11.4 Å². The zero-order chi connectivity index (χ0) is 11.1. The largest absolute Gasteiger partial charge is 0.481 e. The first kappa shape index (κ1) is 9.14. The topological polar surface area (TPSA) is 82.1 Å². The third-order valence-electron chi connectivity index (χ3n) is 2.78. The molecule has 6 heteroatoms. The number of hydrogen-bond donors (Lipinski definition) is 2. The number of nitrogens with zero attached hydrogens (tertiary/aromatic N) is 3. The summed E-state index contributed by atoms with van der Waals surface area (Å²) in [5, 5.41) is 8.77. The third-order valence-corrected chi connectivity index (χ3v) is 2.78. The summed E-state index contributed by atoms with van der Waals surface area (Å²) in [6, 6.07) is 3.73. The average Bonchev–Trinajstić information content (AvgIpc) is 2.57. The molecule has 0 spiro atoms. The van der Waals surface area contributed by atoms with Crippen LogP contribution in [-0.2, 0) is 4.79 Å². The summed E-state index contributed by atoms with van der Waals surface area (Å²) in [6.45, 7) is 1.02. The standard InChI is InChI=1S/C10H10N4O2/c15-9(16)6-4-14(5-6)10-12-7-2-1-3-11-8(7)13-10/h1-3,6H,4-5H2,(H,15,16)(H,11,12,13). The number of aliphatic carboxylic acids is 1. The monoisotopic (exact) mass is 218 g/mol. The molecule has 1 saturated heterocycles. The molecular weight excluding hydrogens is 208 g/mol. The van der Waals surface area contributed by atoms with Crippen LogP contribution in [0.5, 0.6) is 0 Å². The fourth-order valence-electron chi connectivity index (χ4n) is 1.79. The number of anilines is 1. The van der Waals surface area contributed by atoms with Gasteiger partial charge in [-0.3, -0.25) is 4.79 Å². The zero-order valence-electron chi connectivity index (χ0n) is 8.42. The third kappa shape index (κ3) is 1.30. The second kappa shape index (κ2) is 3.19. The Kier molecular flexibility index (Phi) is 1.82. The van der Waals surface area contributed by atoms with E-state index in [4.69, 9.17) is 5.11 Å². The van der Waals surface area contributed by atoms with Crippen molar-refractivity contribution in [2.24, 2.45) is 5.92 Å². The number of carboxylic acid groups (broad SMARTS) is 1. The first-order chi connectivity index (χ1) is 7.74. The number of fused-ring (bicyclic) bond motifs is 1. The number of nitrogens with one attached hydrogen (secondary N) is 1. The maximum absolute atomic E-state index is 10.7. The van der Waals surface area contributed by atoms with Crippen LogP contribution in [0.15, 0.2) is 18.3 Å². The normalized spacial score (nSPS) is 16.4. The van der Waals surface area contributed by atoms with E-state index in [1.54, 1.807) is 6.20 Å². The number of H-pyrrole nitrogens is 1. The highest BCUT2D eigenvalue weighted by atomic mass is 16.4. The van der Waals surface area contributed by atoms with Crippen LogP contribution in [0, 0.1) is 5.92 Å². The van der Waals surface area contributed by atoms with E-state index in [2.05, 4.69) is 15.0 Å². The zero-order valence-corrected chi connectivity index (χ0v) is 8.42. The van der Waals surface area contributed by atoms with Gasteiger partial charge in [-0.15, -0.1) is 0 Å². The minimum atomic E-state index is -0.745. The molecule has 3 heterocycles. The molecule has 82 valence electrons. The Morgan fingerprint density at radius 3 is 3.06 bits per heavy atom. The summed E-state index contributed by atoms with van der Waals surface area (Å²) >= 11 is 0. The van der Waals surface area contributed by atoms with Crippen molar-refractivity contribution in [1.29, 1.82) is 0 Å². The van der Waals surface area contributed by atoms with Gasteiger partial charge in [0, 0.05) is 19.3 Å². The molecule has 16 heavy (non-hydrogen) atoms. The molecule has 1 fully saturated rings. The predicted molar refractivity (Wildman–Crippen MR) is 57.2 cm³/mol. The van der Waals surface area contributed by atoms with Crippen molar-refractivity contribution in [2.75, 3.05) is 18.0 Å². The molecule has 0 amide bonds. The van der Waals surface area contributed by atoms with Crippen LogP contribution >= 0.6 is 0 Å². The molecule has 2 N–H and O–H groups in total. The van der Waals surface area contributed by atoms with E-state index in [1.165, 1.54) is 0 Å². The summed E-state index contributed by atoms with van der Waals surface area (Å²) in [7, 11) is 0. The lowest BCUT2D eigenvalue weighted by Gasteiger charge is -2.36. The van der Waals surface area contributed by atoms with E-state index in [9.17, 15) is 4.79 Å². The lowest BCUT2D eigenvalue weighted by atomic mass is 10.0. The van der Waals surface area contributed by atoms with Crippen molar-refractivity contribution in [2.45, 2.75) is 0 Å². The van der Waals surface area contributed by atoms with E-state index in [1.807, 2.05) is 17.0 Å². The Morgan fingerprint density at radius 2 is 2.38 bits per heavy atom. The van der Waals surface area contributed by atoms with Crippen LogP contribution in [0.4, 0.5) is 5.95 Å². The average molecular weight is 218 g/mol. The van der Waals surface area contributed by atoms with Gasteiger partial charge in [0.2, 0.25) is 5.95 Å². The van der Waals surface area contributed by atoms with Crippen molar-refractivity contribution in [1.82, 2.24) is 15.0 Å². The first-order valence-electron chi connectivity index (χ1n) is 5.02. The molecule has 0 aliphatic carbocycles. The van der Waals surface area contributed by atoms with Crippen LogP contribution in [0.3, 0.4) is 0 Å². The molecular formula is C10H10N4O2. The van der Waals surface area contributed by atoms with Gasteiger partial charge in [-0.05, 0) is 12.1 Å². The summed E-state index contributed by atoms with van der Waals surface area (Å²) in [4.78, 5) is 24.1. The fraction of sp³-hybridized carbons (Fsp3) is 0.300. The second-order valence-corrected chi connectivity index (χ2v) is 3.88. The highest BCUT2D eigenvalue weighted by molar-refractivity contribution is 5.76. The summed E-state index contributed by atoms with van der Waals surface area (Å²) < 4.78 is 0. The Balaban J connectivity index is 1.83. The van der Waals surface area contributed by atoms with E-state index in [0.717, 1.165) is 5.52 Å². The van der Waals surface area contributed by atoms with Crippen LogP contribution in [-0.4, -0.2) is 39.1 Å². The number of aromatic nitrogens is 3. The number of carboxylic acids is 1. The minimum Gasteiger partial charge on any atom is -0.481 e. The molecule has 0 saturated carbocycles. The summed E-state index contributed by atoms with van der Waals surface area (Å²) in [5.74, 6) is -0.321. The molecule has 1 aliphatic heterocycles. The maximum atomic E-state index is 10.7. The number of imidazole rings is 1. The fourth-order valence-corrected chi connectivity index (χ4v) is 1.79. The molecule has 1 aliphatic rings. The van der Waals surface area contributed by atoms with Gasteiger partial charge in [-0.1, -0.05) is 0 Å². The molecule has 0 radical (unpaired) electrons. The SMILES string of the molecule is O=C(O)C1CN(c2nc3ncccc3[nH]2)C1. The van der Waals surface area contributed by atoms with E-state index < -0.39 is 5.97 Å². The molecule has 2 aromatic rings. The lowest BCUT2D eigenvalue weighted by Crippen LogP contribution is -2.50. The van der Waals surface area contributed by atoms with Gasteiger partial charge in [0.1, 0.15) is 0 Å². The van der Waals surface area contributed by atoms with E-state index in [-0.39, 0.29) is 5.92 Å². The summed E-state index contributed by atoms with van der Waals surface area (Å²) in [5.41, 5.74) is 1.53. The van der Waals surface area contributed by atoms with Crippen LogP contribution in [0.1, 0.15) is 0 Å². The van der Waals surface area contributed by atoms with E-state index >= 15 is 0 Å². The van der Waals surface area contributed by atoms with Crippen LogP contribution in [0.2, 0.25) is 0 Å². The number of carbonyl (C=O) groups is 1. The van der Waals surface area contributed by atoms with Gasteiger partial charge in [0.15, 0.2) is 5.65 Å². The van der Waals surface area contributed by atoms with Gasteiger partial charge >= 0.3 is 5.97 Å². The molecule has 2 aromatic heterocycles. The van der Waals surface area contributed by atoms with Crippen molar-refractivity contribution < 1.29 is 9.90 Å². The highest BCUT2D eigenvalue weighted by Gasteiger charge is 2.34. The molecule has 0 bridgehead atoms. The summed E-state index contributed by atoms with van der Waals surface area (Å²) in [6.07, 6.45) is 1.68. The molecule has 0 atom stereocenters. The number of hydrogen-bond acceptors (Lipinski definition) is 4. The van der Waals surface area contributed by atoms with Crippen LogP contribution < -0.4 is 4.90 Å².